The number of carbonyl (C=O) groups excluding carboxylic acids is 3. The van der Waals surface area contributed by atoms with Gasteiger partial charge in [-0.15, -0.1) is 0 Å². The molecular weight excluding hydrogens is 823 g/mol. The Hall–Kier alpha value is -4.27. The zero-order valence-electron chi connectivity index (χ0n) is 41.1. The van der Waals surface area contributed by atoms with Gasteiger partial charge in [-0.3, -0.25) is 14.4 Å². The van der Waals surface area contributed by atoms with Gasteiger partial charge in [-0.25, -0.2) is 0 Å². The summed E-state index contributed by atoms with van der Waals surface area (Å²) in [4.78, 5) is 49.9. The predicted molar refractivity (Wildman–Crippen MR) is 254 cm³/mol. The maximum Gasteiger partial charge on any atom is 0.309 e. The zero-order chi connectivity index (χ0) is 46.6. The van der Waals surface area contributed by atoms with Crippen LogP contribution in [0.4, 0.5) is 0 Å². The molecule has 1 amide bonds. The maximum atomic E-state index is 15.6. The fourth-order valence-corrected chi connectivity index (χ4v) is 17.1. The van der Waals surface area contributed by atoms with E-state index in [2.05, 4.69) is 58.2 Å². The van der Waals surface area contributed by atoms with Gasteiger partial charge >= 0.3 is 11.9 Å². The van der Waals surface area contributed by atoms with Crippen LogP contribution in [0.3, 0.4) is 0 Å². The first-order valence-electron chi connectivity index (χ1n) is 25.6. The highest BCUT2D eigenvalue weighted by molar-refractivity contribution is 5.85. The number of nitrogens with zero attached hydrogens (tertiary/aromatic N) is 3. The Morgan fingerprint density at radius 1 is 0.758 bits per heavy atom. The largest absolute Gasteiger partial charge is 0.462 e. The van der Waals surface area contributed by atoms with Crippen LogP contribution in [0, 0.1) is 73.9 Å². The van der Waals surface area contributed by atoms with Crippen molar-refractivity contribution in [3.63, 3.8) is 0 Å². The molecular formula is C57H75N3O6. The fraction of sp³-hybridized carbons (Fsp3) is 0.667. The van der Waals surface area contributed by atoms with Gasteiger partial charge < -0.3 is 18.9 Å². The number of esters is 2. The van der Waals surface area contributed by atoms with Gasteiger partial charge in [0.25, 0.3) is 0 Å². The van der Waals surface area contributed by atoms with E-state index in [-0.39, 0.29) is 70.1 Å². The lowest BCUT2D eigenvalue weighted by Crippen LogP contribution is -2.67. The lowest BCUT2D eigenvalue weighted by Gasteiger charge is -2.73. The fourth-order valence-electron chi connectivity index (χ4n) is 17.1. The van der Waals surface area contributed by atoms with Crippen molar-refractivity contribution in [2.75, 3.05) is 6.54 Å². The van der Waals surface area contributed by atoms with Crippen molar-refractivity contribution in [2.24, 2.45) is 73.9 Å². The van der Waals surface area contributed by atoms with E-state index in [1.54, 1.807) is 0 Å². The van der Waals surface area contributed by atoms with Crippen LogP contribution in [0.1, 0.15) is 156 Å². The summed E-state index contributed by atoms with van der Waals surface area (Å²) in [7, 11) is 0. The van der Waals surface area contributed by atoms with Crippen molar-refractivity contribution in [1.29, 1.82) is 0 Å². The van der Waals surface area contributed by atoms with Gasteiger partial charge in [0, 0.05) is 17.5 Å². The smallest absolute Gasteiger partial charge is 0.309 e. The molecule has 6 saturated carbocycles. The van der Waals surface area contributed by atoms with Crippen LogP contribution in [0.2, 0.25) is 0 Å². The molecule has 7 aliphatic rings. The first-order chi connectivity index (χ1) is 31.4. The Morgan fingerprint density at radius 3 is 2.18 bits per heavy atom. The lowest BCUT2D eigenvalue weighted by molar-refractivity contribution is -0.251. The number of hydrogen-bond donors (Lipinski definition) is 0. The van der Waals surface area contributed by atoms with Crippen molar-refractivity contribution >= 4 is 17.8 Å². The van der Waals surface area contributed by atoms with Crippen LogP contribution in [-0.2, 0) is 30.5 Å². The third-order valence-electron chi connectivity index (χ3n) is 21.0. The molecule has 9 heteroatoms. The molecule has 4 unspecified atom stereocenters. The van der Waals surface area contributed by atoms with E-state index in [0.29, 0.717) is 47.7 Å². The molecule has 2 aromatic carbocycles. The summed E-state index contributed by atoms with van der Waals surface area (Å²) in [5.41, 5.74) is 2.29. The number of aromatic nitrogens is 2. The molecule has 1 aliphatic heterocycles. The summed E-state index contributed by atoms with van der Waals surface area (Å²) in [6.07, 6.45) is 12.5. The van der Waals surface area contributed by atoms with E-state index in [4.69, 9.17) is 19.0 Å². The minimum Gasteiger partial charge on any atom is -0.462 e. The summed E-state index contributed by atoms with van der Waals surface area (Å²) in [5, 5.41) is 4.37. The molecule has 354 valence electrons. The molecule has 9 nitrogen and oxygen atoms in total. The Balaban J connectivity index is 0.849. The van der Waals surface area contributed by atoms with E-state index in [0.717, 1.165) is 88.3 Å². The summed E-state index contributed by atoms with van der Waals surface area (Å²) >= 11 is 0. The van der Waals surface area contributed by atoms with E-state index < -0.39 is 10.8 Å². The summed E-state index contributed by atoms with van der Waals surface area (Å²) in [6, 6.07) is 19.5. The third kappa shape index (κ3) is 6.75. The molecule has 3 aromatic rings. The SMILES string of the molecule is C=C(C)C1CC[C@]2(C(=O)N3CCC[C@@H]3c3nc(-c4ccccc4)no3)CC[C@]3(C)[C@H](CCC4[C@@]5(C)CC[C@H](OC(=O)C6CC(C(=O)OCc7ccccc7)C6(C)C)C(C)(C)[C@@H]5CC[C@]43C)[C@@H]12. The molecule has 1 aromatic heterocycles. The van der Waals surface area contributed by atoms with Crippen LogP contribution >= 0.6 is 0 Å². The van der Waals surface area contributed by atoms with Gasteiger partial charge in [0.15, 0.2) is 0 Å². The van der Waals surface area contributed by atoms with Crippen molar-refractivity contribution in [3.05, 3.63) is 84.3 Å². The Bertz CT molecular complexity index is 2360. The third-order valence-corrected chi connectivity index (χ3v) is 21.0. The number of carbonyl (C=O) groups is 3. The topological polar surface area (TPSA) is 112 Å². The van der Waals surface area contributed by atoms with Crippen LogP contribution < -0.4 is 0 Å². The molecule has 0 bridgehead atoms. The van der Waals surface area contributed by atoms with E-state index >= 15 is 4.79 Å². The number of amides is 1. The van der Waals surface area contributed by atoms with Crippen LogP contribution in [-0.4, -0.2) is 45.5 Å². The number of ether oxygens (including phenoxy) is 2. The molecule has 0 radical (unpaired) electrons. The first-order valence-corrected chi connectivity index (χ1v) is 25.6. The zero-order valence-corrected chi connectivity index (χ0v) is 41.1. The molecule has 0 spiro atoms. The highest BCUT2D eigenvalue weighted by atomic mass is 16.5. The number of allylic oxidation sites excluding steroid dienone is 1. The standard InChI is InChI=1S/C57H75N3O6/c1-35(2)38-24-29-57(51(63)60-32-16-21-42(60)48-58-47(59-66-48)37-19-14-11-15-20-37)31-30-55(8)39(46(38)57)22-23-44-54(7)27-26-45(53(5,6)43(54)25-28-56(44,55)9)65-50(62)41-33-40(52(41,3)4)49(61)64-34-36-17-12-10-13-18-36/h10-15,17-20,38-46H,1,16,21-34H2,2-9H3/t38?,39-,40?,41?,42-,43+,44?,45+,46-,54+,55-,56-,57+/m1/s1. The van der Waals surface area contributed by atoms with Gasteiger partial charge in [0.1, 0.15) is 18.8 Å². The normalized spacial score (nSPS) is 39.6. The van der Waals surface area contributed by atoms with Crippen molar-refractivity contribution in [2.45, 2.75) is 158 Å². The van der Waals surface area contributed by atoms with Crippen LogP contribution in [0.5, 0.6) is 0 Å². The molecule has 13 atom stereocenters. The maximum absolute atomic E-state index is 15.6. The van der Waals surface area contributed by atoms with Crippen molar-refractivity contribution < 1.29 is 28.4 Å². The summed E-state index contributed by atoms with van der Waals surface area (Å²) in [5.74, 6) is 2.42. The Labute approximate surface area is 393 Å². The number of benzene rings is 2. The molecule has 7 fully saturated rings. The first kappa shape index (κ1) is 45.5. The Kier molecular flexibility index (Phi) is 11.2. The molecule has 2 heterocycles. The Morgan fingerprint density at radius 2 is 1.47 bits per heavy atom. The summed E-state index contributed by atoms with van der Waals surface area (Å²) < 4.78 is 18.3. The van der Waals surface area contributed by atoms with Crippen LogP contribution in [0.25, 0.3) is 11.4 Å². The summed E-state index contributed by atoms with van der Waals surface area (Å²) in [6.45, 7) is 24.5. The average Bonchev–Trinajstić information content (AvgIpc) is 4.07. The second kappa shape index (κ2) is 16.2. The number of fused-ring (bicyclic) bond motifs is 7. The van der Waals surface area contributed by atoms with Crippen molar-refractivity contribution in [1.82, 2.24) is 15.0 Å². The molecule has 6 aliphatic carbocycles. The molecule has 66 heavy (non-hydrogen) atoms. The minimum atomic E-state index is -0.527. The number of likely N-dealkylation sites (tertiary alicyclic amines) is 1. The predicted octanol–water partition coefficient (Wildman–Crippen LogP) is 12.4. The van der Waals surface area contributed by atoms with Crippen LogP contribution in [0.15, 0.2) is 77.3 Å². The number of hydrogen-bond acceptors (Lipinski definition) is 8. The van der Waals surface area contributed by atoms with E-state index in [1.807, 2.05) is 74.5 Å². The quantitative estimate of drug-likeness (QED) is 0.154. The second-order valence-corrected chi connectivity index (χ2v) is 24.4. The molecule has 10 rings (SSSR count). The van der Waals surface area contributed by atoms with E-state index in [9.17, 15) is 9.59 Å². The lowest BCUT2D eigenvalue weighted by atomic mass is 9.32. The average molecular weight is 898 g/mol. The number of rotatable bonds is 9. The minimum absolute atomic E-state index is 0.0832. The highest BCUT2D eigenvalue weighted by Crippen LogP contribution is 2.78. The van der Waals surface area contributed by atoms with Gasteiger partial charge in [0.2, 0.25) is 17.6 Å². The van der Waals surface area contributed by atoms with Crippen molar-refractivity contribution in [3.8, 4) is 11.4 Å². The van der Waals surface area contributed by atoms with Gasteiger partial charge in [0.05, 0.1) is 17.3 Å². The van der Waals surface area contributed by atoms with Gasteiger partial charge in [-0.05, 0) is 147 Å². The molecule has 0 N–H and O–H groups in total. The van der Waals surface area contributed by atoms with Gasteiger partial charge in [-0.1, -0.05) is 126 Å². The monoisotopic (exact) mass is 898 g/mol. The van der Waals surface area contributed by atoms with E-state index in [1.165, 1.54) is 12.0 Å². The van der Waals surface area contributed by atoms with Gasteiger partial charge in [-0.2, -0.15) is 4.98 Å². The highest BCUT2D eigenvalue weighted by Gasteiger charge is 2.73. The molecule has 1 saturated heterocycles. The second-order valence-electron chi connectivity index (χ2n) is 24.4.